The SMILES string of the molecule is COC[C@H]1CN(Cc2nccs2)Cc2nnn(CC3CC3)c21. The van der Waals surface area contributed by atoms with Gasteiger partial charge < -0.3 is 4.74 Å². The van der Waals surface area contributed by atoms with E-state index < -0.39 is 0 Å². The lowest BCUT2D eigenvalue weighted by atomic mass is 9.99. The molecule has 3 heterocycles. The van der Waals surface area contributed by atoms with Gasteiger partial charge in [-0.15, -0.1) is 16.4 Å². The molecule has 1 saturated carbocycles. The molecule has 0 unspecified atom stereocenters. The van der Waals surface area contributed by atoms with Crippen LogP contribution in [0.4, 0.5) is 0 Å². The van der Waals surface area contributed by atoms with Gasteiger partial charge in [-0.25, -0.2) is 9.67 Å². The lowest BCUT2D eigenvalue weighted by Gasteiger charge is -2.31. The Hall–Kier alpha value is -1.31. The number of ether oxygens (including phenoxy) is 1. The number of methoxy groups -OCH3 is 1. The molecule has 0 amide bonds. The predicted octanol–water partition coefficient (Wildman–Crippen LogP) is 1.89. The second-order valence-corrected chi connectivity index (χ2v) is 7.27. The zero-order valence-electron chi connectivity index (χ0n) is 12.8. The Morgan fingerprint density at radius 3 is 3.05 bits per heavy atom. The third kappa shape index (κ3) is 2.93. The molecule has 0 bridgehead atoms. The topological polar surface area (TPSA) is 56.1 Å². The quantitative estimate of drug-likeness (QED) is 0.814. The molecular weight excluding hydrogens is 298 g/mol. The van der Waals surface area contributed by atoms with Gasteiger partial charge in [0.1, 0.15) is 10.7 Å². The summed E-state index contributed by atoms with van der Waals surface area (Å²) < 4.78 is 7.59. The van der Waals surface area contributed by atoms with Crippen molar-refractivity contribution in [2.24, 2.45) is 5.92 Å². The van der Waals surface area contributed by atoms with Crippen LogP contribution in [0.15, 0.2) is 11.6 Å². The summed E-state index contributed by atoms with van der Waals surface area (Å²) in [6.45, 7) is 4.47. The molecule has 7 heteroatoms. The zero-order valence-corrected chi connectivity index (χ0v) is 13.6. The summed E-state index contributed by atoms with van der Waals surface area (Å²) in [6.07, 6.45) is 4.54. The lowest BCUT2D eigenvalue weighted by molar-refractivity contribution is 0.131. The fourth-order valence-corrected chi connectivity index (χ4v) is 3.90. The first-order valence-electron chi connectivity index (χ1n) is 7.85. The van der Waals surface area contributed by atoms with Crippen molar-refractivity contribution in [3.05, 3.63) is 28.0 Å². The van der Waals surface area contributed by atoms with Gasteiger partial charge in [-0.05, 0) is 18.8 Å². The van der Waals surface area contributed by atoms with Crippen LogP contribution in [0.3, 0.4) is 0 Å². The number of thiazole rings is 1. The standard InChI is InChI=1S/C15H21N5OS/c1-21-10-12-7-19(9-14-16-4-5-22-14)8-13-15(12)20(18-17-13)6-11-2-3-11/h4-5,11-12H,2-3,6-10H2,1H3/t12-/m1/s1. The molecule has 0 saturated heterocycles. The van der Waals surface area contributed by atoms with Gasteiger partial charge in [0, 0.05) is 44.2 Å². The van der Waals surface area contributed by atoms with Gasteiger partial charge in [0.25, 0.3) is 0 Å². The highest BCUT2D eigenvalue weighted by Crippen LogP contribution is 2.34. The van der Waals surface area contributed by atoms with Gasteiger partial charge >= 0.3 is 0 Å². The normalized spacial score (nSPS) is 22.0. The van der Waals surface area contributed by atoms with Gasteiger partial charge in [0.2, 0.25) is 0 Å². The number of aromatic nitrogens is 4. The molecule has 4 rings (SSSR count). The molecule has 0 N–H and O–H groups in total. The molecule has 1 aliphatic heterocycles. The molecule has 22 heavy (non-hydrogen) atoms. The van der Waals surface area contributed by atoms with Crippen LogP contribution in [0.2, 0.25) is 0 Å². The Morgan fingerprint density at radius 2 is 2.32 bits per heavy atom. The van der Waals surface area contributed by atoms with E-state index in [1.54, 1.807) is 18.4 Å². The van der Waals surface area contributed by atoms with Gasteiger partial charge in [-0.1, -0.05) is 5.21 Å². The van der Waals surface area contributed by atoms with E-state index in [4.69, 9.17) is 4.74 Å². The van der Waals surface area contributed by atoms with Gasteiger partial charge in [0.15, 0.2) is 0 Å². The van der Waals surface area contributed by atoms with E-state index in [0.29, 0.717) is 5.92 Å². The number of rotatable bonds is 6. The average molecular weight is 319 g/mol. The molecule has 2 aromatic heterocycles. The fourth-order valence-electron chi connectivity index (χ4n) is 3.25. The summed E-state index contributed by atoms with van der Waals surface area (Å²) in [5.74, 6) is 1.16. The second kappa shape index (κ2) is 6.06. The van der Waals surface area contributed by atoms with Crippen LogP contribution in [0, 0.1) is 5.92 Å². The first kappa shape index (κ1) is 14.3. The molecule has 0 aromatic carbocycles. The monoisotopic (exact) mass is 319 g/mol. The Labute approximate surface area is 134 Å². The number of nitrogens with zero attached hydrogens (tertiary/aromatic N) is 5. The van der Waals surface area contributed by atoms with Crippen molar-refractivity contribution in [3.63, 3.8) is 0 Å². The summed E-state index contributed by atoms with van der Waals surface area (Å²) in [5.41, 5.74) is 2.41. The highest BCUT2D eigenvalue weighted by atomic mass is 32.1. The van der Waals surface area contributed by atoms with Crippen LogP contribution in [-0.2, 0) is 24.4 Å². The Bertz CT molecular complexity index is 622. The second-order valence-electron chi connectivity index (χ2n) is 6.29. The molecule has 2 aliphatic rings. The minimum atomic E-state index is 0.350. The van der Waals surface area contributed by atoms with E-state index in [2.05, 4.69) is 24.9 Å². The maximum Gasteiger partial charge on any atom is 0.107 e. The van der Waals surface area contributed by atoms with Gasteiger partial charge in [0.05, 0.1) is 18.8 Å². The van der Waals surface area contributed by atoms with Crippen molar-refractivity contribution in [1.82, 2.24) is 24.9 Å². The third-order valence-electron chi connectivity index (χ3n) is 4.42. The van der Waals surface area contributed by atoms with Gasteiger partial charge in [-0.2, -0.15) is 0 Å². The first-order chi connectivity index (χ1) is 10.8. The van der Waals surface area contributed by atoms with Crippen LogP contribution >= 0.6 is 11.3 Å². The molecule has 1 atom stereocenters. The molecule has 118 valence electrons. The van der Waals surface area contributed by atoms with Gasteiger partial charge in [-0.3, -0.25) is 4.90 Å². The highest BCUT2D eigenvalue weighted by molar-refractivity contribution is 7.09. The first-order valence-corrected chi connectivity index (χ1v) is 8.73. The van der Waals surface area contributed by atoms with Crippen molar-refractivity contribution >= 4 is 11.3 Å². The minimum Gasteiger partial charge on any atom is -0.384 e. The largest absolute Gasteiger partial charge is 0.384 e. The van der Waals surface area contributed by atoms with Crippen molar-refractivity contribution in [3.8, 4) is 0 Å². The number of hydrogen-bond donors (Lipinski definition) is 0. The van der Waals surface area contributed by atoms with Crippen molar-refractivity contribution in [2.75, 3.05) is 20.3 Å². The molecule has 6 nitrogen and oxygen atoms in total. The summed E-state index contributed by atoms with van der Waals surface area (Å²) >= 11 is 1.71. The number of hydrogen-bond acceptors (Lipinski definition) is 6. The summed E-state index contributed by atoms with van der Waals surface area (Å²) in [4.78, 5) is 6.80. The third-order valence-corrected chi connectivity index (χ3v) is 5.19. The van der Waals surface area contributed by atoms with Crippen LogP contribution in [0.25, 0.3) is 0 Å². The van der Waals surface area contributed by atoms with E-state index in [1.807, 2.05) is 11.6 Å². The van der Waals surface area contributed by atoms with Crippen molar-refractivity contribution in [2.45, 2.75) is 38.4 Å². The predicted molar refractivity (Wildman–Crippen MR) is 83.6 cm³/mol. The van der Waals surface area contributed by atoms with Crippen LogP contribution in [0.1, 0.15) is 35.2 Å². The molecule has 1 fully saturated rings. The minimum absolute atomic E-state index is 0.350. The van der Waals surface area contributed by atoms with Crippen LogP contribution in [-0.4, -0.2) is 45.1 Å². The highest BCUT2D eigenvalue weighted by Gasteiger charge is 2.33. The average Bonchev–Trinajstić information content (AvgIpc) is 3.00. The van der Waals surface area contributed by atoms with E-state index in [1.165, 1.54) is 18.5 Å². The zero-order chi connectivity index (χ0) is 14.9. The summed E-state index contributed by atoms with van der Waals surface area (Å²) in [5, 5.41) is 12.1. The Morgan fingerprint density at radius 1 is 1.41 bits per heavy atom. The van der Waals surface area contributed by atoms with Crippen molar-refractivity contribution < 1.29 is 4.74 Å². The van der Waals surface area contributed by atoms with Crippen LogP contribution in [0.5, 0.6) is 0 Å². The maximum absolute atomic E-state index is 5.46. The Balaban J connectivity index is 1.55. The molecule has 2 aromatic rings. The maximum atomic E-state index is 5.46. The molecule has 0 spiro atoms. The van der Waals surface area contributed by atoms with E-state index in [-0.39, 0.29) is 0 Å². The molecular formula is C15H21N5OS. The van der Waals surface area contributed by atoms with E-state index >= 15 is 0 Å². The molecule has 0 radical (unpaired) electrons. The smallest absolute Gasteiger partial charge is 0.107 e. The summed E-state index contributed by atoms with van der Waals surface area (Å²) in [6, 6.07) is 0. The summed E-state index contributed by atoms with van der Waals surface area (Å²) in [7, 11) is 1.77. The molecule has 1 aliphatic carbocycles. The van der Waals surface area contributed by atoms with E-state index in [9.17, 15) is 0 Å². The number of fused-ring (bicyclic) bond motifs is 1. The van der Waals surface area contributed by atoms with E-state index in [0.717, 1.165) is 49.4 Å². The van der Waals surface area contributed by atoms with Crippen LogP contribution < -0.4 is 0 Å². The van der Waals surface area contributed by atoms with Crippen molar-refractivity contribution in [1.29, 1.82) is 0 Å². The Kier molecular flexibility index (Phi) is 3.94. The lowest BCUT2D eigenvalue weighted by Crippen LogP contribution is -2.36. The fraction of sp³-hybridized carbons (Fsp3) is 0.667.